The Morgan fingerprint density at radius 2 is 2.29 bits per heavy atom. The number of hydrogen-bond donors (Lipinski definition) is 0. The summed E-state index contributed by atoms with van der Waals surface area (Å²) in [5, 5.41) is 1.95. The molecule has 1 aromatic rings. The quantitative estimate of drug-likeness (QED) is 0.540. The molecule has 0 saturated carbocycles. The molecule has 1 aromatic heterocycles. The molecule has 3 heteroatoms. The summed E-state index contributed by atoms with van der Waals surface area (Å²) in [5.41, 5.74) is 0. The minimum Gasteiger partial charge on any atom is -0.132 e. The molecule has 0 amide bonds. The second-order valence-corrected chi connectivity index (χ2v) is 2.50. The van der Waals surface area contributed by atoms with Gasteiger partial charge in [-0.25, -0.2) is 0 Å². The molecule has 1 heterocycles. The van der Waals surface area contributed by atoms with Crippen molar-refractivity contribution in [2.24, 2.45) is 0 Å². The zero-order valence-electron chi connectivity index (χ0n) is 3.32. The molecule has 1 rings (SSSR count). The minimum atomic E-state index is 0. The molecule has 0 nitrogen and oxygen atoms in total. The maximum absolute atomic E-state index is 5.47. The first kappa shape index (κ1) is 7.51. The summed E-state index contributed by atoms with van der Waals surface area (Å²) in [7, 11) is 0. The van der Waals surface area contributed by atoms with Gasteiger partial charge < -0.3 is 0 Å². The summed E-state index contributed by atoms with van der Waals surface area (Å²) in [5.74, 6) is 0. The van der Waals surface area contributed by atoms with Crippen LogP contribution in [0.15, 0.2) is 17.5 Å². The van der Waals surface area contributed by atoms with E-state index in [0.29, 0.717) is 0 Å². The van der Waals surface area contributed by atoms with Gasteiger partial charge in [0.1, 0.15) is 0 Å². The Bertz CT molecular complexity index is 115. The topological polar surface area (TPSA) is 0 Å². The Morgan fingerprint density at radius 3 is 2.43 bits per heavy atom. The monoisotopic (exact) mass is 181 g/mol. The fourth-order valence-electron chi connectivity index (χ4n) is 0.259. The molecule has 0 unspecified atom stereocenters. The Kier molecular flexibility index (Phi) is 3.76. The van der Waals surface area contributed by atoms with E-state index < -0.39 is 0 Å². The van der Waals surface area contributed by atoms with Crippen LogP contribution in [0.5, 0.6) is 0 Å². The maximum Gasteiger partial charge on any atom is 0.0928 e. The SMILES string of the molecule is Clc1cccs1.[Cu]. The first-order chi connectivity index (χ1) is 2.89. The summed E-state index contributed by atoms with van der Waals surface area (Å²) < 4.78 is 0.856. The molecule has 0 aliphatic rings. The van der Waals surface area contributed by atoms with Gasteiger partial charge in [-0.1, -0.05) is 11.6 Å². The smallest absolute Gasteiger partial charge is 0.0928 e. The maximum atomic E-state index is 5.47. The number of rotatable bonds is 0. The normalized spacial score (nSPS) is 7.57. The van der Waals surface area contributed by atoms with E-state index in [0.717, 1.165) is 4.34 Å². The molecule has 0 fully saturated rings. The van der Waals surface area contributed by atoms with E-state index in [2.05, 4.69) is 0 Å². The average Bonchev–Trinajstić information content (AvgIpc) is 1.86. The van der Waals surface area contributed by atoms with Crippen molar-refractivity contribution in [1.29, 1.82) is 0 Å². The number of halogens is 1. The summed E-state index contributed by atoms with van der Waals surface area (Å²) >= 11 is 7.02. The number of thiophene rings is 1. The molecule has 0 saturated heterocycles. The van der Waals surface area contributed by atoms with Crippen LogP contribution < -0.4 is 0 Å². The Balaban J connectivity index is 0.000000360. The standard InChI is InChI=1S/C4H3ClS.Cu/c5-4-2-1-3-6-4;/h1-3H;. The van der Waals surface area contributed by atoms with E-state index in [1.165, 1.54) is 0 Å². The summed E-state index contributed by atoms with van der Waals surface area (Å²) in [6.07, 6.45) is 0. The van der Waals surface area contributed by atoms with Crippen LogP contribution in [0.1, 0.15) is 0 Å². The molecule has 0 atom stereocenters. The number of hydrogen-bond acceptors (Lipinski definition) is 1. The van der Waals surface area contributed by atoms with E-state index in [-0.39, 0.29) is 17.1 Å². The third kappa shape index (κ3) is 2.35. The van der Waals surface area contributed by atoms with Crippen molar-refractivity contribution in [3.8, 4) is 0 Å². The summed E-state index contributed by atoms with van der Waals surface area (Å²) in [6, 6.07) is 3.79. The van der Waals surface area contributed by atoms with Gasteiger partial charge in [0.15, 0.2) is 0 Å². The van der Waals surface area contributed by atoms with Crippen molar-refractivity contribution in [1.82, 2.24) is 0 Å². The van der Waals surface area contributed by atoms with Crippen LogP contribution in [0.3, 0.4) is 0 Å². The van der Waals surface area contributed by atoms with Gasteiger partial charge in [0.05, 0.1) is 4.34 Å². The second kappa shape index (κ2) is 3.50. The second-order valence-electron chi connectivity index (χ2n) is 0.917. The van der Waals surface area contributed by atoms with E-state index in [1.807, 2.05) is 17.5 Å². The van der Waals surface area contributed by atoms with Crippen molar-refractivity contribution in [3.63, 3.8) is 0 Å². The molecule has 0 bridgehead atoms. The molecule has 0 spiro atoms. The van der Waals surface area contributed by atoms with Crippen molar-refractivity contribution < 1.29 is 17.1 Å². The van der Waals surface area contributed by atoms with Crippen LogP contribution in [0.2, 0.25) is 4.34 Å². The van der Waals surface area contributed by atoms with Crippen molar-refractivity contribution in [2.75, 3.05) is 0 Å². The molecule has 0 aromatic carbocycles. The van der Waals surface area contributed by atoms with E-state index in [9.17, 15) is 0 Å². The van der Waals surface area contributed by atoms with Gasteiger partial charge in [0.25, 0.3) is 0 Å². The van der Waals surface area contributed by atoms with Crippen LogP contribution in [0, 0.1) is 0 Å². The van der Waals surface area contributed by atoms with Crippen LogP contribution in [-0.4, -0.2) is 0 Å². The summed E-state index contributed by atoms with van der Waals surface area (Å²) in [4.78, 5) is 0. The molecule has 0 N–H and O–H groups in total. The first-order valence-corrected chi connectivity index (χ1v) is 2.84. The molecule has 0 aliphatic carbocycles. The van der Waals surface area contributed by atoms with Crippen LogP contribution >= 0.6 is 22.9 Å². The largest absolute Gasteiger partial charge is 0.132 e. The predicted octanol–water partition coefficient (Wildman–Crippen LogP) is 2.40. The third-order valence-electron chi connectivity index (χ3n) is 0.486. The van der Waals surface area contributed by atoms with Crippen molar-refractivity contribution >= 4 is 22.9 Å². The van der Waals surface area contributed by atoms with Crippen molar-refractivity contribution in [2.45, 2.75) is 0 Å². The van der Waals surface area contributed by atoms with E-state index in [1.54, 1.807) is 11.3 Å². The summed E-state index contributed by atoms with van der Waals surface area (Å²) in [6.45, 7) is 0. The minimum absolute atomic E-state index is 0. The molecular weight excluding hydrogens is 179 g/mol. The van der Waals surface area contributed by atoms with Gasteiger partial charge in [0, 0.05) is 17.1 Å². The Morgan fingerprint density at radius 1 is 1.57 bits per heavy atom. The zero-order chi connectivity index (χ0) is 4.41. The fraction of sp³-hybridized carbons (Fsp3) is 0. The van der Waals surface area contributed by atoms with Gasteiger partial charge >= 0.3 is 0 Å². The van der Waals surface area contributed by atoms with E-state index in [4.69, 9.17) is 11.6 Å². The third-order valence-corrected chi connectivity index (χ3v) is 1.53. The van der Waals surface area contributed by atoms with Gasteiger partial charge in [-0.3, -0.25) is 0 Å². The molecule has 1 radical (unpaired) electrons. The molecule has 0 aliphatic heterocycles. The van der Waals surface area contributed by atoms with Gasteiger partial charge in [-0.15, -0.1) is 11.3 Å². The van der Waals surface area contributed by atoms with Crippen LogP contribution in [0.4, 0.5) is 0 Å². The zero-order valence-corrected chi connectivity index (χ0v) is 5.83. The Hall–Kier alpha value is 0.509. The predicted molar refractivity (Wildman–Crippen MR) is 29.3 cm³/mol. The molecular formula is C4H3ClCuS. The van der Waals surface area contributed by atoms with Gasteiger partial charge in [-0.05, 0) is 17.5 Å². The van der Waals surface area contributed by atoms with Gasteiger partial charge in [-0.2, -0.15) is 0 Å². The molecule has 43 valence electrons. The van der Waals surface area contributed by atoms with E-state index >= 15 is 0 Å². The Labute approximate surface area is 62.0 Å². The fourth-order valence-corrected chi connectivity index (χ4v) is 0.930. The molecule has 7 heavy (non-hydrogen) atoms. The van der Waals surface area contributed by atoms with Gasteiger partial charge in [0.2, 0.25) is 0 Å². The van der Waals surface area contributed by atoms with Crippen LogP contribution in [-0.2, 0) is 17.1 Å². The van der Waals surface area contributed by atoms with Crippen LogP contribution in [0.25, 0.3) is 0 Å². The first-order valence-electron chi connectivity index (χ1n) is 1.58. The van der Waals surface area contributed by atoms with Crippen molar-refractivity contribution in [3.05, 3.63) is 21.8 Å². The average molecular weight is 182 g/mol.